The van der Waals surface area contributed by atoms with Crippen LogP contribution in [0.1, 0.15) is 37.9 Å². The predicted molar refractivity (Wildman–Crippen MR) is 116 cm³/mol. The zero-order chi connectivity index (χ0) is 21.5. The van der Waals surface area contributed by atoms with E-state index in [2.05, 4.69) is 0 Å². The first-order chi connectivity index (χ1) is 13.5. The predicted octanol–water partition coefficient (Wildman–Crippen LogP) is 4.58. The number of anilines is 2. The molecule has 0 bridgehead atoms. The van der Waals surface area contributed by atoms with Crippen LogP contribution in [-0.2, 0) is 9.59 Å². The molecule has 3 rings (SSSR count). The molecule has 0 spiro atoms. The summed E-state index contributed by atoms with van der Waals surface area (Å²) in [5.74, 6) is -1.25. The third-order valence-corrected chi connectivity index (χ3v) is 5.23. The van der Waals surface area contributed by atoms with E-state index in [1.54, 1.807) is 20.8 Å². The second-order valence-electron chi connectivity index (χ2n) is 8.69. The van der Waals surface area contributed by atoms with Crippen molar-refractivity contribution in [3.63, 3.8) is 0 Å². The highest BCUT2D eigenvalue weighted by atomic mass is 16.3. The molecule has 2 aromatic carbocycles. The van der Waals surface area contributed by atoms with Crippen molar-refractivity contribution in [2.24, 2.45) is 5.41 Å². The maximum Gasteiger partial charge on any atom is 0.294 e. The van der Waals surface area contributed by atoms with Crippen LogP contribution in [0.25, 0.3) is 0 Å². The summed E-state index contributed by atoms with van der Waals surface area (Å²) in [6, 6.07) is 14.5. The first-order valence-electron chi connectivity index (χ1n) is 9.68. The van der Waals surface area contributed by atoms with Crippen LogP contribution in [0.2, 0.25) is 0 Å². The first-order valence-corrected chi connectivity index (χ1v) is 9.68. The summed E-state index contributed by atoms with van der Waals surface area (Å²) < 4.78 is 0. The number of rotatable bonds is 4. The summed E-state index contributed by atoms with van der Waals surface area (Å²) in [6.45, 7) is 7.30. The van der Waals surface area contributed by atoms with Crippen LogP contribution in [-0.4, -0.2) is 30.9 Å². The maximum atomic E-state index is 13.2. The highest BCUT2D eigenvalue weighted by Gasteiger charge is 2.46. The third kappa shape index (κ3) is 3.65. The molecule has 1 atom stereocenters. The van der Waals surface area contributed by atoms with Gasteiger partial charge < -0.3 is 10.0 Å². The first kappa shape index (κ1) is 20.6. The van der Waals surface area contributed by atoms with Crippen molar-refractivity contribution in [1.82, 2.24) is 0 Å². The van der Waals surface area contributed by atoms with Crippen molar-refractivity contribution >= 4 is 23.1 Å². The highest BCUT2D eigenvalue weighted by Crippen LogP contribution is 2.44. The van der Waals surface area contributed by atoms with Gasteiger partial charge in [-0.1, -0.05) is 51.1 Å². The Morgan fingerprint density at radius 1 is 1.03 bits per heavy atom. The van der Waals surface area contributed by atoms with Crippen LogP contribution in [0.5, 0.6) is 0 Å². The summed E-state index contributed by atoms with van der Waals surface area (Å²) in [5.41, 5.74) is 2.80. The molecule has 1 aliphatic rings. The van der Waals surface area contributed by atoms with Gasteiger partial charge >= 0.3 is 0 Å². The molecule has 1 N–H and O–H groups in total. The zero-order valence-corrected chi connectivity index (χ0v) is 17.9. The normalized spacial score (nSPS) is 17.1. The van der Waals surface area contributed by atoms with Crippen molar-refractivity contribution in [3.05, 3.63) is 71.0 Å². The molecule has 0 saturated heterocycles. The summed E-state index contributed by atoms with van der Waals surface area (Å²) in [6.07, 6.45) is 0. The van der Waals surface area contributed by atoms with Gasteiger partial charge in [-0.15, -0.1) is 0 Å². The Kier molecular flexibility index (Phi) is 5.26. The number of aliphatic hydroxyl groups is 1. The molecule has 1 unspecified atom stereocenters. The standard InChI is InChI=1S/C24H28N2O3/c1-15-9-7-8-10-18(15)26-20(16-11-13-17(14-12-16)25(5)6)19(21(27)23(26)29)22(28)24(2,3)4/h7-14,20,27H,1-6H3. The SMILES string of the molecule is Cc1ccccc1N1C(=O)C(O)=C(C(=O)C(C)(C)C)C1c1ccc(N(C)C)cc1. The molecule has 0 radical (unpaired) electrons. The van der Waals surface area contributed by atoms with Crippen LogP contribution in [0.3, 0.4) is 0 Å². The van der Waals surface area contributed by atoms with E-state index >= 15 is 0 Å². The van der Waals surface area contributed by atoms with Crippen LogP contribution < -0.4 is 9.80 Å². The number of amides is 1. The Labute approximate surface area is 172 Å². The minimum absolute atomic E-state index is 0.156. The van der Waals surface area contributed by atoms with Gasteiger partial charge in [-0.05, 0) is 36.2 Å². The lowest BCUT2D eigenvalue weighted by atomic mass is 9.82. The smallest absolute Gasteiger partial charge is 0.294 e. The Morgan fingerprint density at radius 2 is 1.62 bits per heavy atom. The van der Waals surface area contributed by atoms with Crippen LogP contribution in [0.15, 0.2) is 59.9 Å². The minimum Gasteiger partial charge on any atom is -0.503 e. The van der Waals surface area contributed by atoms with E-state index in [9.17, 15) is 14.7 Å². The fourth-order valence-electron chi connectivity index (χ4n) is 3.59. The van der Waals surface area contributed by atoms with Crippen LogP contribution in [0.4, 0.5) is 11.4 Å². The Hall–Kier alpha value is -3.08. The Balaban J connectivity index is 2.21. The second kappa shape index (κ2) is 7.39. The summed E-state index contributed by atoms with van der Waals surface area (Å²) >= 11 is 0. The lowest BCUT2D eigenvalue weighted by molar-refractivity contribution is -0.123. The number of carbonyl (C=O) groups is 2. The number of benzene rings is 2. The number of aryl methyl sites for hydroxylation is 1. The van der Waals surface area contributed by atoms with Gasteiger partial charge in [0, 0.05) is 30.9 Å². The molecular formula is C24H28N2O3. The zero-order valence-electron chi connectivity index (χ0n) is 17.9. The lowest BCUT2D eigenvalue weighted by Crippen LogP contribution is -2.33. The van der Waals surface area contributed by atoms with Gasteiger partial charge in [-0.3, -0.25) is 14.5 Å². The molecule has 5 nitrogen and oxygen atoms in total. The van der Waals surface area contributed by atoms with Gasteiger partial charge in [0.15, 0.2) is 11.5 Å². The molecule has 1 heterocycles. The summed E-state index contributed by atoms with van der Waals surface area (Å²) in [5, 5.41) is 10.7. The molecule has 0 fully saturated rings. The fourth-order valence-corrected chi connectivity index (χ4v) is 3.59. The number of carbonyl (C=O) groups excluding carboxylic acids is 2. The maximum absolute atomic E-state index is 13.2. The third-order valence-electron chi connectivity index (χ3n) is 5.23. The minimum atomic E-state index is -0.729. The van der Waals surface area contributed by atoms with Crippen molar-refractivity contribution in [3.8, 4) is 0 Å². The molecule has 29 heavy (non-hydrogen) atoms. The molecule has 0 saturated carbocycles. The van der Waals surface area contributed by atoms with Gasteiger partial charge in [0.2, 0.25) is 0 Å². The number of para-hydroxylation sites is 1. The second-order valence-corrected chi connectivity index (χ2v) is 8.69. The van der Waals surface area contributed by atoms with E-state index < -0.39 is 23.1 Å². The molecule has 152 valence electrons. The van der Waals surface area contributed by atoms with E-state index in [1.807, 2.05) is 74.4 Å². The van der Waals surface area contributed by atoms with E-state index in [0.717, 1.165) is 16.8 Å². The summed E-state index contributed by atoms with van der Waals surface area (Å²) in [7, 11) is 3.90. The topological polar surface area (TPSA) is 60.9 Å². The van der Waals surface area contributed by atoms with Gasteiger partial charge in [-0.2, -0.15) is 0 Å². The van der Waals surface area contributed by atoms with E-state index in [0.29, 0.717) is 5.69 Å². The number of aliphatic hydroxyl groups excluding tert-OH is 1. The number of hydrogen-bond acceptors (Lipinski definition) is 4. The number of nitrogens with zero attached hydrogens (tertiary/aromatic N) is 2. The van der Waals surface area contributed by atoms with Gasteiger partial charge in [0.1, 0.15) is 0 Å². The lowest BCUT2D eigenvalue weighted by Gasteiger charge is -2.30. The monoisotopic (exact) mass is 392 g/mol. The fraction of sp³-hybridized carbons (Fsp3) is 0.333. The molecule has 0 aliphatic carbocycles. The average Bonchev–Trinajstić information content (AvgIpc) is 2.92. The van der Waals surface area contributed by atoms with Gasteiger partial charge in [-0.25, -0.2) is 0 Å². The van der Waals surface area contributed by atoms with Crippen LogP contribution >= 0.6 is 0 Å². The van der Waals surface area contributed by atoms with E-state index in [-0.39, 0.29) is 11.4 Å². The number of hydrogen-bond donors (Lipinski definition) is 1. The van der Waals surface area contributed by atoms with E-state index in [1.165, 1.54) is 4.90 Å². The van der Waals surface area contributed by atoms with Crippen molar-refractivity contribution in [2.45, 2.75) is 33.7 Å². The molecular weight excluding hydrogens is 364 g/mol. The molecule has 5 heteroatoms. The Morgan fingerprint density at radius 3 is 2.14 bits per heavy atom. The van der Waals surface area contributed by atoms with Crippen molar-refractivity contribution in [1.29, 1.82) is 0 Å². The number of Topliss-reactive ketones (excluding diaryl/α,β-unsaturated/α-hetero) is 1. The van der Waals surface area contributed by atoms with Gasteiger partial charge in [0.25, 0.3) is 5.91 Å². The number of ketones is 1. The molecule has 0 aromatic heterocycles. The molecule has 2 aromatic rings. The molecule has 1 amide bonds. The van der Waals surface area contributed by atoms with E-state index in [4.69, 9.17) is 0 Å². The quantitative estimate of drug-likeness (QED) is 0.828. The van der Waals surface area contributed by atoms with Gasteiger partial charge in [0.05, 0.1) is 11.6 Å². The van der Waals surface area contributed by atoms with Crippen LogP contribution in [0, 0.1) is 12.3 Å². The molecule has 1 aliphatic heterocycles. The highest BCUT2D eigenvalue weighted by molar-refractivity contribution is 6.17. The van der Waals surface area contributed by atoms with Crippen molar-refractivity contribution in [2.75, 3.05) is 23.9 Å². The average molecular weight is 392 g/mol. The Bertz CT molecular complexity index is 982. The summed E-state index contributed by atoms with van der Waals surface area (Å²) in [4.78, 5) is 29.9. The largest absolute Gasteiger partial charge is 0.503 e. The van der Waals surface area contributed by atoms with Crippen molar-refractivity contribution < 1.29 is 14.7 Å².